The van der Waals surface area contributed by atoms with Crippen molar-refractivity contribution in [1.29, 1.82) is 0 Å². The average Bonchev–Trinajstić information content (AvgIpc) is 1.67. The highest BCUT2D eigenvalue weighted by Crippen LogP contribution is 2.43. The van der Waals surface area contributed by atoms with Crippen LogP contribution in [0, 0.1) is 29.2 Å². The molecule has 584 valence electrons. The zero-order valence-electron chi connectivity index (χ0n) is 61.9. The van der Waals surface area contributed by atoms with Crippen LogP contribution in [-0.4, -0.2) is 107 Å². The number of fused-ring (bicyclic) bond motifs is 3. The molecule has 0 atom stereocenters. The molecular formula is C85H78F7N9O8S4. The van der Waals surface area contributed by atoms with Gasteiger partial charge in [-0.1, -0.05) is 48.6 Å². The molecule has 1 aliphatic carbocycles. The van der Waals surface area contributed by atoms with E-state index in [2.05, 4.69) is 42.0 Å². The predicted octanol–water partition coefficient (Wildman–Crippen LogP) is 19.4. The summed E-state index contributed by atoms with van der Waals surface area (Å²) >= 11 is 9.55. The number of hydrogen-bond acceptors (Lipinski definition) is 21. The number of carbonyl (C=O) groups excluding carboxylic acids is 2. The van der Waals surface area contributed by atoms with E-state index < -0.39 is 47.2 Å². The molecule has 9 aromatic heterocycles. The van der Waals surface area contributed by atoms with Crippen molar-refractivity contribution in [2.75, 3.05) is 60.8 Å². The summed E-state index contributed by atoms with van der Waals surface area (Å²) in [6, 6.07) is 42.2. The van der Waals surface area contributed by atoms with E-state index in [9.17, 15) is 35.9 Å². The number of nitrogens with zero attached hydrogens (tertiary/aromatic N) is 6. The Labute approximate surface area is 665 Å². The lowest BCUT2D eigenvalue weighted by Gasteiger charge is -2.10. The van der Waals surface area contributed by atoms with Gasteiger partial charge in [0.05, 0.1) is 99.1 Å². The molecule has 0 saturated heterocycles. The second-order valence-corrected chi connectivity index (χ2v) is 30.4. The average molecular weight is 1610 g/mol. The maximum atomic E-state index is 15.1. The van der Waals surface area contributed by atoms with E-state index in [1.807, 2.05) is 79.9 Å². The van der Waals surface area contributed by atoms with Crippen LogP contribution >= 0.6 is 46.2 Å². The third-order valence-corrected chi connectivity index (χ3v) is 21.2. The number of ether oxygens (including phenoxy) is 6. The Morgan fingerprint density at radius 2 is 0.894 bits per heavy atom. The topological polar surface area (TPSA) is 203 Å². The van der Waals surface area contributed by atoms with E-state index in [1.165, 1.54) is 58.3 Å². The summed E-state index contributed by atoms with van der Waals surface area (Å²) in [7, 11) is 5.00. The van der Waals surface area contributed by atoms with Gasteiger partial charge >= 0.3 is 6.18 Å². The fraction of sp³-hybridized carbons (Fsp3) is 0.259. The second kappa shape index (κ2) is 39.5. The predicted molar refractivity (Wildman–Crippen MR) is 431 cm³/mol. The van der Waals surface area contributed by atoms with Crippen LogP contribution in [0.5, 0.6) is 34.5 Å². The lowest BCUT2D eigenvalue weighted by atomic mass is 10.0. The van der Waals surface area contributed by atoms with Crippen LogP contribution in [0.2, 0.25) is 0 Å². The van der Waals surface area contributed by atoms with Crippen LogP contribution in [-0.2, 0) is 75.3 Å². The van der Waals surface area contributed by atoms with Crippen LogP contribution in [0.15, 0.2) is 183 Å². The monoisotopic (exact) mass is 1610 g/mol. The summed E-state index contributed by atoms with van der Waals surface area (Å²) < 4.78 is 133. The van der Waals surface area contributed by atoms with Gasteiger partial charge in [0.1, 0.15) is 34.6 Å². The number of hydrogen-bond donors (Lipinski definition) is 3. The minimum atomic E-state index is -4.67. The number of halogens is 7. The molecule has 17 nitrogen and oxygen atoms in total. The van der Waals surface area contributed by atoms with Crippen molar-refractivity contribution < 1.29 is 68.7 Å². The Morgan fingerprint density at radius 1 is 0.460 bits per heavy atom. The number of aromatic nitrogens is 6. The van der Waals surface area contributed by atoms with Gasteiger partial charge in [0.25, 0.3) is 0 Å². The van der Waals surface area contributed by atoms with Crippen molar-refractivity contribution in [3.05, 3.63) is 251 Å². The normalized spacial score (nSPS) is 12.0. The first-order chi connectivity index (χ1) is 54.7. The smallest absolute Gasteiger partial charge is 0.416 e. The molecule has 14 rings (SSSR count). The van der Waals surface area contributed by atoms with Crippen LogP contribution in [0.3, 0.4) is 0 Å². The third kappa shape index (κ3) is 23.2. The molecule has 0 unspecified atom stereocenters. The molecule has 13 aromatic rings. The first kappa shape index (κ1) is 82.2. The first-order valence-electron chi connectivity index (χ1n) is 36.1. The number of methoxy groups -OCH3 is 3. The molecule has 0 bridgehead atoms. The van der Waals surface area contributed by atoms with Gasteiger partial charge in [0.2, 0.25) is 0 Å². The van der Waals surface area contributed by atoms with Crippen molar-refractivity contribution >= 4 is 93.3 Å². The second-order valence-electron chi connectivity index (χ2n) is 26.5. The number of alkyl halides is 3. The van der Waals surface area contributed by atoms with Gasteiger partial charge in [-0.2, -0.15) is 13.2 Å². The molecule has 0 spiro atoms. The van der Waals surface area contributed by atoms with Crippen LogP contribution in [0.25, 0.3) is 62.4 Å². The molecule has 9 heterocycles. The minimum Gasteiger partial charge on any atom is -0.453 e. The van der Waals surface area contributed by atoms with Gasteiger partial charge in [0.15, 0.2) is 34.7 Å². The molecule has 0 aliphatic heterocycles. The Bertz CT molecular complexity index is 5470. The molecule has 1 aliphatic rings. The molecule has 1 saturated carbocycles. The van der Waals surface area contributed by atoms with Crippen molar-refractivity contribution in [3.63, 3.8) is 0 Å². The van der Waals surface area contributed by atoms with Crippen molar-refractivity contribution in [2.45, 2.75) is 77.7 Å². The Hall–Kier alpha value is -10.2. The van der Waals surface area contributed by atoms with E-state index >= 15 is 4.39 Å². The number of nitrogens with one attached hydrogen (secondary N) is 3. The molecule has 0 radical (unpaired) electrons. The number of thiocarbonyl (C=S) groups is 1. The van der Waals surface area contributed by atoms with Crippen molar-refractivity contribution in [3.8, 4) is 66.2 Å². The number of carbonyl (C=O) groups is 2. The largest absolute Gasteiger partial charge is 0.453 e. The maximum Gasteiger partial charge on any atom is 0.416 e. The number of ketones is 2. The number of thiophene rings is 3. The van der Waals surface area contributed by atoms with E-state index in [0.29, 0.717) is 109 Å². The van der Waals surface area contributed by atoms with Gasteiger partial charge in [-0.05, 0) is 161 Å². The lowest BCUT2D eigenvalue weighted by Crippen LogP contribution is -2.19. The lowest BCUT2D eigenvalue weighted by molar-refractivity contribution is -0.137. The molecule has 1 fully saturated rings. The van der Waals surface area contributed by atoms with Crippen LogP contribution in [0.1, 0.15) is 71.0 Å². The standard InChI is InChI=1S/C32H26F5N3O3S.C28H28FN3O3S.C25H24FN3O2S2/c1-42-12-11-38-18-22-3-2-4-26(40-22)30-17-27-31(44-30)29(9-10-39-27)43-28-8-5-19(14-25(28)34)13-23(41)16-20-15-21(32(35,36)37)6-7-24(20)33;1-34-12-11-30-17-20-3-2-4-23(32-20)27-16-24-28(36-27)26(9-10-31-24)35-25-8-7-19(15-22(25)29)14-21(33)13-18-5-6-18;1-16(32)11-17-4-6-22(19(26)12-17)31-23-7-8-28-21-13-24(33-25(21)23)20-5-3-18(15-29-20)14-27-9-10-30-2/h2-10,14-15,17,38H,11-13,16,18H2,1H3;2-4,7-10,15-16,18,30H,5-6,11-14,17H2,1H3;3-8,12-13,15,27H,9-11,14H2,1-2H3. The Kier molecular flexibility index (Phi) is 28.7. The summed E-state index contributed by atoms with van der Waals surface area (Å²) in [4.78, 5) is 55.7. The molecular weight excluding hydrogens is 1540 g/mol. The SMILES string of the molecule is COCCNCc1ccc(-c2cc3nccc(Oc4ccc(CC(C)=S)cc4F)c3s2)nc1.COCCNCc1cccc(-c2cc3nccc(Oc4ccc(CC(=O)CC5CC5)cc4F)c3s2)n1.COCCNCc1cccc(-c2cc3nccc(Oc4ccc(CC(=O)Cc5cc(C(F)(F)F)ccc5F)cc4F)c3s2)n1. The molecule has 3 N–H and O–H groups in total. The zero-order chi connectivity index (χ0) is 79.4. The third-order valence-electron chi connectivity index (χ3n) is 17.6. The summed E-state index contributed by atoms with van der Waals surface area (Å²) in [6.07, 6.45) is 4.89. The summed E-state index contributed by atoms with van der Waals surface area (Å²) in [5, 5.41) is 9.87. The van der Waals surface area contributed by atoms with Gasteiger partial charge < -0.3 is 44.4 Å². The fourth-order valence-electron chi connectivity index (χ4n) is 11.8. The Morgan fingerprint density at radius 3 is 1.31 bits per heavy atom. The van der Waals surface area contributed by atoms with Crippen LogP contribution < -0.4 is 30.2 Å². The summed E-state index contributed by atoms with van der Waals surface area (Å²) in [5.74, 6) is -0.741. The summed E-state index contributed by atoms with van der Waals surface area (Å²) in [5.41, 5.74) is 7.91. The number of Topliss-reactive ketones (excluding diaryl/α,β-unsaturated/α-hetero) is 2. The van der Waals surface area contributed by atoms with Gasteiger partial charge in [-0.3, -0.25) is 39.5 Å². The summed E-state index contributed by atoms with van der Waals surface area (Å²) in [6.45, 7) is 7.97. The van der Waals surface area contributed by atoms with Crippen molar-refractivity contribution in [2.24, 2.45) is 5.92 Å². The molecule has 4 aromatic carbocycles. The van der Waals surface area contributed by atoms with E-state index in [4.69, 9.17) is 50.6 Å². The highest BCUT2D eigenvalue weighted by atomic mass is 32.1. The van der Waals surface area contributed by atoms with Gasteiger partial charge in [-0.25, -0.2) is 17.6 Å². The van der Waals surface area contributed by atoms with Crippen LogP contribution in [0.4, 0.5) is 30.7 Å². The van der Waals surface area contributed by atoms with E-state index in [1.54, 1.807) is 76.3 Å². The number of rotatable bonds is 34. The van der Waals surface area contributed by atoms with Crippen molar-refractivity contribution in [1.82, 2.24) is 45.9 Å². The number of benzene rings is 4. The highest BCUT2D eigenvalue weighted by Gasteiger charge is 2.32. The maximum absolute atomic E-state index is 15.1. The molecule has 0 amide bonds. The van der Waals surface area contributed by atoms with Gasteiger partial charge in [-0.15, -0.1) is 34.0 Å². The van der Waals surface area contributed by atoms with E-state index in [0.717, 1.165) is 118 Å². The quantitative estimate of drug-likeness (QED) is 0.0195. The molecule has 28 heteroatoms. The molecule has 113 heavy (non-hydrogen) atoms. The fourth-order valence-corrected chi connectivity index (χ4v) is 15.1. The van der Waals surface area contributed by atoms with E-state index in [-0.39, 0.29) is 47.0 Å². The first-order valence-corrected chi connectivity index (χ1v) is 39.0. The Balaban J connectivity index is 0.000000159. The highest BCUT2D eigenvalue weighted by molar-refractivity contribution is 7.80. The van der Waals surface area contributed by atoms with Gasteiger partial charge in [0, 0.05) is 136 Å². The zero-order valence-corrected chi connectivity index (χ0v) is 65.2. The number of pyridine rings is 6. The minimum absolute atomic E-state index is 0.0881.